The molecule has 3 rings (SSSR count). The van der Waals surface area contributed by atoms with E-state index >= 15 is 0 Å². The molecule has 1 N–H and O–H groups in total. The zero-order valence-corrected chi connectivity index (χ0v) is 15.2. The Balaban J connectivity index is 1.59. The summed E-state index contributed by atoms with van der Waals surface area (Å²) in [4.78, 5) is 37.2. The molecule has 0 radical (unpaired) electrons. The topological polar surface area (TPSA) is 75.7 Å². The summed E-state index contributed by atoms with van der Waals surface area (Å²) in [6, 6.07) is 3.74. The third kappa shape index (κ3) is 3.90. The SMILES string of the molecule is C[C@]12CCC(=O)N1[C@H](C(=O)OCC(=O)Nc1ccccc1C(F)(F)F)CS2. The lowest BCUT2D eigenvalue weighted by Gasteiger charge is -2.29. The molecule has 2 heterocycles. The van der Waals surface area contributed by atoms with Crippen molar-refractivity contribution in [2.45, 2.75) is 36.9 Å². The summed E-state index contributed by atoms with van der Waals surface area (Å²) in [5.74, 6) is -1.41. The number of carbonyl (C=O) groups is 3. The molecule has 146 valence electrons. The number of nitrogens with zero attached hydrogens (tertiary/aromatic N) is 1. The van der Waals surface area contributed by atoms with E-state index in [2.05, 4.69) is 5.32 Å². The minimum Gasteiger partial charge on any atom is -0.454 e. The number of rotatable bonds is 4. The van der Waals surface area contributed by atoms with Crippen molar-refractivity contribution < 1.29 is 32.3 Å². The Bertz CT molecular complexity index is 786. The molecule has 0 saturated carbocycles. The van der Waals surface area contributed by atoms with Crippen LogP contribution in [0.2, 0.25) is 0 Å². The molecule has 0 bridgehead atoms. The van der Waals surface area contributed by atoms with Crippen molar-refractivity contribution in [3.8, 4) is 0 Å². The van der Waals surface area contributed by atoms with E-state index in [1.807, 2.05) is 6.92 Å². The second-order valence-corrected chi connectivity index (χ2v) is 7.97. The molecule has 2 aliphatic rings. The van der Waals surface area contributed by atoms with Gasteiger partial charge in [-0.1, -0.05) is 12.1 Å². The highest BCUT2D eigenvalue weighted by atomic mass is 32.2. The lowest BCUT2D eigenvalue weighted by molar-refractivity contribution is -0.155. The third-order valence-electron chi connectivity index (χ3n) is 4.57. The number of anilines is 1. The predicted octanol–water partition coefficient (Wildman–Crippen LogP) is 2.64. The van der Waals surface area contributed by atoms with E-state index in [4.69, 9.17) is 4.74 Å². The molecule has 10 heteroatoms. The van der Waals surface area contributed by atoms with Gasteiger partial charge in [-0.05, 0) is 25.5 Å². The number of ether oxygens (including phenoxy) is 1. The van der Waals surface area contributed by atoms with Crippen LogP contribution in [0, 0.1) is 0 Å². The van der Waals surface area contributed by atoms with E-state index in [9.17, 15) is 27.6 Å². The minimum atomic E-state index is -4.62. The molecule has 2 fully saturated rings. The van der Waals surface area contributed by atoms with Gasteiger partial charge >= 0.3 is 12.1 Å². The van der Waals surface area contributed by atoms with Gasteiger partial charge < -0.3 is 15.0 Å². The summed E-state index contributed by atoms with van der Waals surface area (Å²) in [6.07, 6.45) is -3.64. The first-order valence-corrected chi connectivity index (χ1v) is 9.19. The second-order valence-electron chi connectivity index (χ2n) is 6.46. The zero-order valence-electron chi connectivity index (χ0n) is 14.3. The Kier molecular flexibility index (Phi) is 5.11. The van der Waals surface area contributed by atoms with Crippen LogP contribution in [0.15, 0.2) is 24.3 Å². The quantitative estimate of drug-likeness (QED) is 0.784. The van der Waals surface area contributed by atoms with E-state index in [0.717, 1.165) is 12.1 Å². The van der Waals surface area contributed by atoms with E-state index in [1.54, 1.807) is 0 Å². The van der Waals surface area contributed by atoms with Crippen LogP contribution in [0.4, 0.5) is 18.9 Å². The number of esters is 1. The number of amides is 2. The van der Waals surface area contributed by atoms with E-state index in [0.29, 0.717) is 18.6 Å². The number of nitrogens with one attached hydrogen (secondary N) is 1. The van der Waals surface area contributed by atoms with Gasteiger partial charge in [-0.3, -0.25) is 9.59 Å². The van der Waals surface area contributed by atoms with Crippen LogP contribution in [-0.2, 0) is 25.3 Å². The summed E-state index contributed by atoms with van der Waals surface area (Å²) in [5.41, 5.74) is -1.40. The molecule has 0 aliphatic carbocycles. The van der Waals surface area contributed by atoms with Crippen molar-refractivity contribution >= 4 is 35.2 Å². The second kappa shape index (κ2) is 7.06. The van der Waals surface area contributed by atoms with Crippen LogP contribution in [-0.4, -0.2) is 46.0 Å². The lowest BCUT2D eigenvalue weighted by atomic mass is 10.1. The van der Waals surface area contributed by atoms with E-state index in [-0.39, 0.29) is 5.91 Å². The van der Waals surface area contributed by atoms with Gasteiger partial charge in [-0.2, -0.15) is 13.2 Å². The summed E-state index contributed by atoms with van der Waals surface area (Å²) < 4.78 is 43.8. The summed E-state index contributed by atoms with van der Waals surface area (Å²) in [5, 5.41) is 2.10. The largest absolute Gasteiger partial charge is 0.454 e. The standard InChI is InChI=1S/C17H17F3N2O4S/c1-16-7-6-14(24)22(16)12(9-27-16)15(25)26-8-13(23)21-11-5-3-2-4-10(11)17(18,19)20/h2-5,12H,6-9H2,1H3,(H,21,23)/t12-,16-/m0/s1. The number of carbonyl (C=O) groups excluding carboxylic acids is 3. The summed E-state index contributed by atoms with van der Waals surface area (Å²) >= 11 is 1.48. The molecule has 2 atom stereocenters. The fourth-order valence-electron chi connectivity index (χ4n) is 3.25. The first-order valence-electron chi connectivity index (χ1n) is 8.21. The number of para-hydroxylation sites is 1. The molecular formula is C17H17F3N2O4S. The maximum atomic E-state index is 12.9. The maximum absolute atomic E-state index is 12.9. The molecule has 1 aromatic carbocycles. The van der Waals surface area contributed by atoms with Gasteiger partial charge in [0.1, 0.15) is 6.04 Å². The highest BCUT2D eigenvalue weighted by Gasteiger charge is 2.53. The Morgan fingerprint density at radius 3 is 2.78 bits per heavy atom. The highest BCUT2D eigenvalue weighted by Crippen LogP contribution is 2.47. The monoisotopic (exact) mass is 402 g/mol. The molecule has 2 aliphatic heterocycles. The third-order valence-corrected chi connectivity index (χ3v) is 6.07. The number of hydrogen-bond donors (Lipinski definition) is 1. The number of halogens is 3. The van der Waals surface area contributed by atoms with Crippen molar-refractivity contribution in [3.63, 3.8) is 0 Å². The molecule has 2 amide bonds. The van der Waals surface area contributed by atoms with Crippen LogP contribution < -0.4 is 5.32 Å². The van der Waals surface area contributed by atoms with Crippen LogP contribution in [0.3, 0.4) is 0 Å². The van der Waals surface area contributed by atoms with Gasteiger partial charge in [0, 0.05) is 12.2 Å². The molecule has 0 spiro atoms. The Hall–Kier alpha value is -2.23. The molecule has 6 nitrogen and oxygen atoms in total. The minimum absolute atomic E-state index is 0.145. The molecule has 2 saturated heterocycles. The number of thioether (sulfide) groups is 1. The first-order chi connectivity index (χ1) is 12.6. The average molecular weight is 402 g/mol. The molecular weight excluding hydrogens is 385 g/mol. The Morgan fingerprint density at radius 1 is 1.37 bits per heavy atom. The number of benzene rings is 1. The van der Waals surface area contributed by atoms with Gasteiger partial charge in [0.25, 0.3) is 5.91 Å². The first kappa shape index (κ1) is 19.5. The number of hydrogen-bond acceptors (Lipinski definition) is 5. The van der Waals surface area contributed by atoms with E-state index in [1.165, 1.54) is 28.8 Å². The highest BCUT2D eigenvalue weighted by molar-refractivity contribution is 8.01. The van der Waals surface area contributed by atoms with Crippen LogP contribution >= 0.6 is 11.8 Å². The predicted molar refractivity (Wildman–Crippen MR) is 91.8 cm³/mol. The van der Waals surface area contributed by atoms with Crippen molar-refractivity contribution in [3.05, 3.63) is 29.8 Å². The molecule has 0 unspecified atom stereocenters. The number of fused-ring (bicyclic) bond motifs is 1. The Labute approximate surface area is 157 Å². The van der Waals surface area contributed by atoms with Crippen molar-refractivity contribution in [1.29, 1.82) is 0 Å². The normalized spacial score (nSPS) is 24.7. The lowest BCUT2D eigenvalue weighted by Crippen LogP contribution is -2.47. The zero-order chi connectivity index (χ0) is 19.8. The fourth-order valence-corrected chi connectivity index (χ4v) is 4.67. The molecule has 27 heavy (non-hydrogen) atoms. The molecule has 0 aromatic heterocycles. The fraction of sp³-hybridized carbons (Fsp3) is 0.471. The molecule has 1 aromatic rings. The van der Waals surface area contributed by atoms with Crippen LogP contribution in [0.1, 0.15) is 25.3 Å². The smallest absolute Gasteiger partial charge is 0.418 e. The van der Waals surface area contributed by atoms with Gasteiger partial charge in [0.2, 0.25) is 5.91 Å². The number of alkyl halides is 3. The van der Waals surface area contributed by atoms with Gasteiger partial charge in [-0.25, -0.2) is 4.79 Å². The van der Waals surface area contributed by atoms with Crippen LogP contribution in [0.5, 0.6) is 0 Å². The Morgan fingerprint density at radius 2 is 2.07 bits per heavy atom. The summed E-state index contributed by atoms with van der Waals surface area (Å²) in [7, 11) is 0. The average Bonchev–Trinajstić information content (AvgIpc) is 3.08. The maximum Gasteiger partial charge on any atom is 0.418 e. The van der Waals surface area contributed by atoms with Crippen molar-refractivity contribution in [2.75, 3.05) is 17.7 Å². The van der Waals surface area contributed by atoms with Crippen LogP contribution in [0.25, 0.3) is 0 Å². The van der Waals surface area contributed by atoms with E-state index < -0.39 is 46.8 Å². The van der Waals surface area contributed by atoms with Gasteiger partial charge in [0.05, 0.1) is 16.1 Å². The van der Waals surface area contributed by atoms with Crippen molar-refractivity contribution in [1.82, 2.24) is 4.90 Å². The van der Waals surface area contributed by atoms with Gasteiger partial charge in [-0.15, -0.1) is 11.8 Å². The summed E-state index contributed by atoms with van der Waals surface area (Å²) in [6.45, 7) is 1.14. The van der Waals surface area contributed by atoms with Gasteiger partial charge in [0.15, 0.2) is 6.61 Å². The van der Waals surface area contributed by atoms with Crippen molar-refractivity contribution in [2.24, 2.45) is 0 Å².